The second-order valence-electron chi connectivity index (χ2n) is 6.99. The van der Waals surface area contributed by atoms with Crippen LogP contribution < -0.4 is 0 Å². The van der Waals surface area contributed by atoms with Crippen molar-refractivity contribution in [2.75, 3.05) is 0 Å². The molecule has 136 valence electrons. The van der Waals surface area contributed by atoms with Gasteiger partial charge in [0.1, 0.15) is 0 Å². The van der Waals surface area contributed by atoms with Crippen molar-refractivity contribution in [2.45, 2.75) is 123 Å². The van der Waals surface area contributed by atoms with Crippen molar-refractivity contribution in [1.82, 2.24) is 0 Å². The fourth-order valence-electron chi connectivity index (χ4n) is 2.91. The van der Waals surface area contributed by atoms with Crippen LogP contribution in [0.1, 0.15) is 123 Å². The van der Waals surface area contributed by atoms with Gasteiger partial charge in [0.25, 0.3) is 0 Å². The summed E-state index contributed by atoms with van der Waals surface area (Å²) in [5.41, 5.74) is 0. The lowest BCUT2D eigenvalue weighted by atomic mass is 10.1. The van der Waals surface area contributed by atoms with Crippen molar-refractivity contribution >= 4 is 0 Å². The molecule has 0 atom stereocenters. The molecule has 0 aromatic heterocycles. The summed E-state index contributed by atoms with van der Waals surface area (Å²) in [7, 11) is 0. The second kappa shape index (κ2) is 21.5. The van der Waals surface area contributed by atoms with Crippen LogP contribution in [0.4, 0.5) is 0 Å². The van der Waals surface area contributed by atoms with Gasteiger partial charge in [0, 0.05) is 0 Å². The Morgan fingerprint density at radius 3 is 1.17 bits per heavy atom. The van der Waals surface area contributed by atoms with Crippen LogP contribution in [0.25, 0.3) is 0 Å². The normalized spacial score (nSPS) is 11.9. The molecule has 0 saturated carbocycles. The highest BCUT2D eigenvalue weighted by molar-refractivity contribution is 4.87. The molecule has 0 heteroatoms. The molecule has 23 heavy (non-hydrogen) atoms. The van der Waals surface area contributed by atoms with E-state index in [1.807, 2.05) is 0 Å². The number of hydrogen-bond donors (Lipinski definition) is 0. The van der Waals surface area contributed by atoms with E-state index in [0.717, 1.165) is 0 Å². The maximum Gasteiger partial charge on any atom is -0.0316 e. The van der Waals surface area contributed by atoms with Crippen LogP contribution >= 0.6 is 0 Å². The highest BCUT2D eigenvalue weighted by atomic mass is 14.0. The maximum atomic E-state index is 2.40. The summed E-state index contributed by atoms with van der Waals surface area (Å²) in [4.78, 5) is 0. The lowest BCUT2D eigenvalue weighted by molar-refractivity contribution is 0.550. The molecule has 0 saturated heterocycles. The zero-order chi connectivity index (χ0) is 16.8. The number of allylic oxidation sites excluding steroid dienone is 4. The first kappa shape index (κ1) is 22.5. The van der Waals surface area contributed by atoms with E-state index in [4.69, 9.17) is 0 Å². The Morgan fingerprint density at radius 1 is 0.348 bits per heavy atom. The predicted octanol–water partition coefficient (Wildman–Crippen LogP) is 8.77. The number of unbranched alkanes of at least 4 members (excludes halogenated alkanes) is 14. The minimum absolute atomic E-state index is 1.22. The largest absolute Gasteiger partial charge is 0.0885 e. The van der Waals surface area contributed by atoms with Gasteiger partial charge in [0.15, 0.2) is 0 Å². The molecule has 0 heterocycles. The van der Waals surface area contributed by atoms with Gasteiger partial charge in [-0.3, -0.25) is 0 Å². The third-order valence-corrected chi connectivity index (χ3v) is 4.53. The summed E-state index contributed by atoms with van der Waals surface area (Å²) in [6.07, 6.45) is 33.0. The van der Waals surface area contributed by atoms with Crippen molar-refractivity contribution in [1.29, 1.82) is 0 Å². The molecule has 0 aliphatic rings. The first-order valence-electron chi connectivity index (χ1n) is 10.7. The first-order chi connectivity index (χ1) is 11.4. The van der Waals surface area contributed by atoms with Crippen molar-refractivity contribution in [3.8, 4) is 0 Å². The van der Waals surface area contributed by atoms with E-state index in [1.54, 1.807) is 0 Å². The van der Waals surface area contributed by atoms with Crippen LogP contribution in [0, 0.1) is 0 Å². The molecule has 0 radical (unpaired) electrons. The van der Waals surface area contributed by atoms with Crippen LogP contribution in [0.5, 0.6) is 0 Å². The molecule has 0 fully saturated rings. The minimum atomic E-state index is 1.22. The van der Waals surface area contributed by atoms with Crippen molar-refractivity contribution in [3.63, 3.8) is 0 Å². The van der Waals surface area contributed by atoms with Crippen molar-refractivity contribution in [3.05, 3.63) is 24.3 Å². The Bertz CT molecular complexity index is 249. The monoisotopic (exact) mass is 320 g/mol. The van der Waals surface area contributed by atoms with Gasteiger partial charge in [-0.15, -0.1) is 0 Å². The lowest BCUT2D eigenvalue weighted by Crippen LogP contribution is -1.82. The van der Waals surface area contributed by atoms with E-state index in [1.165, 1.54) is 109 Å². The summed E-state index contributed by atoms with van der Waals surface area (Å²) in [6, 6.07) is 0. The predicted molar refractivity (Wildman–Crippen MR) is 108 cm³/mol. The molecule has 0 nitrogen and oxygen atoms in total. The average molecular weight is 321 g/mol. The fourth-order valence-corrected chi connectivity index (χ4v) is 2.91. The topological polar surface area (TPSA) is 0 Å². The SMILES string of the molecule is CCCC/C=C/CC/C=C/CCCCCCCCCCCCC. The van der Waals surface area contributed by atoms with E-state index in [0.29, 0.717) is 0 Å². The summed E-state index contributed by atoms with van der Waals surface area (Å²) in [5.74, 6) is 0. The zero-order valence-corrected chi connectivity index (χ0v) is 16.3. The van der Waals surface area contributed by atoms with Gasteiger partial charge in [0.05, 0.1) is 0 Å². The first-order valence-corrected chi connectivity index (χ1v) is 10.7. The van der Waals surface area contributed by atoms with E-state index >= 15 is 0 Å². The standard InChI is InChI=1S/C23H44/c1-3-5-7-9-11-13-15-17-19-21-23-22-20-18-16-14-12-10-8-6-4-2/h9,11,17,19H,3-8,10,12-16,18,20-23H2,1-2H3/b11-9+,19-17+. The van der Waals surface area contributed by atoms with Crippen LogP contribution in [-0.4, -0.2) is 0 Å². The Morgan fingerprint density at radius 2 is 0.696 bits per heavy atom. The maximum absolute atomic E-state index is 2.40. The molecule has 0 spiro atoms. The Kier molecular flexibility index (Phi) is 21.0. The Hall–Kier alpha value is -0.520. The summed E-state index contributed by atoms with van der Waals surface area (Å²) >= 11 is 0. The summed E-state index contributed by atoms with van der Waals surface area (Å²) < 4.78 is 0. The molecule has 0 aromatic carbocycles. The quantitative estimate of drug-likeness (QED) is 0.175. The average Bonchev–Trinajstić information content (AvgIpc) is 2.57. The molecule has 0 aliphatic carbocycles. The second-order valence-corrected chi connectivity index (χ2v) is 6.99. The third kappa shape index (κ3) is 21.5. The Labute approximate surface area is 147 Å². The van der Waals surface area contributed by atoms with E-state index in [9.17, 15) is 0 Å². The molecule has 0 aromatic rings. The Balaban J connectivity index is 3.09. The zero-order valence-electron chi connectivity index (χ0n) is 16.3. The van der Waals surface area contributed by atoms with Gasteiger partial charge in [-0.2, -0.15) is 0 Å². The number of hydrogen-bond acceptors (Lipinski definition) is 0. The van der Waals surface area contributed by atoms with Gasteiger partial charge in [0.2, 0.25) is 0 Å². The molecule has 0 rings (SSSR count). The van der Waals surface area contributed by atoms with Gasteiger partial charge in [-0.1, -0.05) is 115 Å². The molecule has 0 bridgehead atoms. The van der Waals surface area contributed by atoms with Crippen molar-refractivity contribution < 1.29 is 0 Å². The highest BCUT2D eigenvalue weighted by Gasteiger charge is 1.92. The molecule has 0 aliphatic heterocycles. The highest BCUT2D eigenvalue weighted by Crippen LogP contribution is 2.12. The third-order valence-electron chi connectivity index (χ3n) is 4.53. The molecule has 0 unspecified atom stereocenters. The summed E-state index contributed by atoms with van der Waals surface area (Å²) in [6.45, 7) is 4.55. The van der Waals surface area contributed by atoms with Gasteiger partial charge < -0.3 is 0 Å². The molecule has 0 N–H and O–H groups in total. The van der Waals surface area contributed by atoms with Crippen LogP contribution in [0.3, 0.4) is 0 Å². The van der Waals surface area contributed by atoms with E-state index < -0.39 is 0 Å². The van der Waals surface area contributed by atoms with E-state index in [-0.39, 0.29) is 0 Å². The van der Waals surface area contributed by atoms with Crippen LogP contribution in [0.15, 0.2) is 24.3 Å². The van der Waals surface area contributed by atoms with Gasteiger partial charge in [-0.25, -0.2) is 0 Å². The fraction of sp³-hybridized carbons (Fsp3) is 0.826. The van der Waals surface area contributed by atoms with E-state index in [2.05, 4.69) is 38.2 Å². The van der Waals surface area contributed by atoms with Crippen LogP contribution in [-0.2, 0) is 0 Å². The molecule has 0 amide bonds. The van der Waals surface area contributed by atoms with Gasteiger partial charge >= 0.3 is 0 Å². The van der Waals surface area contributed by atoms with Crippen LogP contribution in [0.2, 0.25) is 0 Å². The van der Waals surface area contributed by atoms with Gasteiger partial charge in [-0.05, 0) is 32.1 Å². The smallest absolute Gasteiger partial charge is 0.0316 e. The van der Waals surface area contributed by atoms with Crippen molar-refractivity contribution in [2.24, 2.45) is 0 Å². The molecular weight excluding hydrogens is 276 g/mol. The lowest BCUT2D eigenvalue weighted by Gasteiger charge is -2.01. The molecular formula is C23H44. The number of rotatable bonds is 18. The summed E-state index contributed by atoms with van der Waals surface area (Å²) in [5, 5.41) is 0. The minimum Gasteiger partial charge on any atom is -0.0885 e.